The Morgan fingerprint density at radius 1 is 0.867 bits per heavy atom. The molecule has 7 heteroatoms. The maximum atomic E-state index is 13.3. The van der Waals surface area contributed by atoms with Gasteiger partial charge in [0.25, 0.3) is 0 Å². The van der Waals surface area contributed by atoms with E-state index in [1.165, 1.54) is 5.56 Å². The molecule has 3 aromatic rings. The molecule has 2 heterocycles. The van der Waals surface area contributed by atoms with Gasteiger partial charge in [-0.05, 0) is 38.8 Å². The fourth-order valence-electron chi connectivity index (χ4n) is 4.09. The average Bonchev–Trinajstić information content (AvgIpc) is 3.18. The molecule has 0 atom stereocenters. The smallest absolute Gasteiger partial charge is 0.243 e. The Hall–Kier alpha value is -2.22. The minimum Gasteiger partial charge on any atom is -0.345 e. The lowest BCUT2D eigenvalue weighted by atomic mass is 10.1. The number of thiazole rings is 1. The van der Waals surface area contributed by atoms with Crippen LogP contribution in [0.15, 0.2) is 46.7 Å². The number of benzene rings is 2. The highest BCUT2D eigenvalue weighted by molar-refractivity contribution is 7.89. The maximum absolute atomic E-state index is 13.3. The summed E-state index contributed by atoms with van der Waals surface area (Å²) >= 11 is 1.61. The van der Waals surface area contributed by atoms with Gasteiger partial charge in [0.05, 0.1) is 10.6 Å². The quantitative estimate of drug-likeness (QED) is 0.596. The number of sulfonamides is 1. The predicted molar refractivity (Wildman–Crippen MR) is 124 cm³/mol. The molecule has 1 saturated heterocycles. The highest BCUT2D eigenvalue weighted by atomic mass is 32.2. The fraction of sp³-hybridized carbons (Fsp3) is 0.348. The Kier molecular flexibility index (Phi) is 5.70. The largest absolute Gasteiger partial charge is 0.345 e. The number of anilines is 1. The van der Waals surface area contributed by atoms with E-state index in [1.54, 1.807) is 15.6 Å². The van der Waals surface area contributed by atoms with Crippen molar-refractivity contribution in [3.05, 3.63) is 64.0 Å². The zero-order valence-corrected chi connectivity index (χ0v) is 19.5. The van der Waals surface area contributed by atoms with Gasteiger partial charge in [-0.15, -0.1) is 11.3 Å². The van der Waals surface area contributed by atoms with Crippen molar-refractivity contribution in [1.29, 1.82) is 0 Å². The lowest BCUT2D eigenvalue weighted by Gasteiger charge is -2.34. The lowest BCUT2D eigenvalue weighted by molar-refractivity contribution is 0.384. The van der Waals surface area contributed by atoms with Crippen LogP contribution in [0.1, 0.15) is 22.3 Å². The summed E-state index contributed by atoms with van der Waals surface area (Å²) in [5.41, 5.74) is 6.02. The second-order valence-electron chi connectivity index (χ2n) is 8.00. The predicted octanol–water partition coefficient (Wildman–Crippen LogP) is 4.55. The Morgan fingerprint density at radius 2 is 1.47 bits per heavy atom. The number of hydrogen-bond acceptors (Lipinski definition) is 5. The number of aromatic nitrogens is 1. The van der Waals surface area contributed by atoms with Crippen LogP contribution in [0.2, 0.25) is 0 Å². The van der Waals surface area contributed by atoms with E-state index >= 15 is 0 Å². The van der Waals surface area contributed by atoms with E-state index < -0.39 is 10.0 Å². The molecule has 1 aromatic heterocycles. The molecular formula is C23H27N3O2S2. The van der Waals surface area contributed by atoms with Crippen molar-refractivity contribution in [1.82, 2.24) is 9.29 Å². The third kappa shape index (κ3) is 4.02. The molecule has 0 aliphatic carbocycles. The number of hydrogen-bond donors (Lipinski definition) is 0. The summed E-state index contributed by atoms with van der Waals surface area (Å²) < 4.78 is 28.2. The van der Waals surface area contributed by atoms with Gasteiger partial charge in [-0.1, -0.05) is 47.5 Å². The molecule has 1 aliphatic rings. The Balaban J connectivity index is 1.49. The first-order valence-corrected chi connectivity index (χ1v) is 12.4. The third-order valence-corrected chi connectivity index (χ3v) is 8.66. The second-order valence-corrected chi connectivity index (χ2v) is 10.7. The van der Waals surface area contributed by atoms with Gasteiger partial charge in [0.15, 0.2) is 5.13 Å². The van der Waals surface area contributed by atoms with Crippen LogP contribution < -0.4 is 4.90 Å². The number of rotatable bonds is 4. The van der Waals surface area contributed by atoms with Crippen molar-refractivity contribution in [3.8, 4) is 11.3 Å². The van der Waals surface area contributed by atoms with Gasteiger partial charge in [0.1, 0.15) is 0 Å². The normalized spacial score (nSPS) is 15.5. The molecule has 4 rings (SSSR count). The van der Waals surface area contributed by atoms with E-state index in [4.69, 9.17) is 4.98 Å². The molecule has 1 fully saturated rings. The highest BCUT2D eigenvalue weighted by Gasteiger charge is 2.31. The van der Waals surface area contributed by atoms with Crippen LogP contribution >= 0.6 is 11.3 Å². The molecule has 0 radical (unpaired) electrons. The van der Waals surface area contributed by atoms with Crippen LogP contribution in [-0.2, 0) is 10.0 Å². The van der Waals surface area contributed by atoms with Crippen molar-refractivity contribution in [3.63, 3.8) is 0 Å². The molecule has 0 spiro atoms. The van der Waals surface area contributed by atoms with Crippen LogP contribution in [0, 0.1) is 27.7 Å². The topological polar surface area (TPSA) is 53.5 Å². The van der Waals surface area contributed by atoms with Gasteiger partial charge < -0.3 is 4.90 Å². The van der Waals surface area contributed by atoms with Gasteiger partial charge in [-0.25, -0.2) is 13.4 Å². The standard InChI is InChI=1S/C23H27N3O2S2/c1-16-5-7-20(8-6-16)21-15-29-23(24-21)25-9-11-26(12-10-25)30(27,28)22-18(3)13-17(2)14-19(22)4/h5-8,13-15H,9-12H2,1-4H3. The Labute approximate surface area is 183 Å². The van der Waals surface area contributed by atoms with Gasteiger partial charge in [0.2, 0.25) is 10.0 Å². The number of nitrogens with zero attached hydrogens (tertiary/aromatic N) is 3. The van der Waals surface area contributed by atoms with E-state index in [9.17, 15) is 8.42 Å². The molecule has 0 unspecified atom stereocenters. The molecule has 158 valence electrons. The number of piperazine rings is 1. The summed E-state index contributed by atoms with van der Waals surface area (Å²) in [4.78, 5) is 7.43. The number of aryl methyl sites for hydroxylation is 4. The monoisotopic (exact) mass is 441 g/mol. The van der Waals surface area contributed by atoms with Crippen LogP contribution in [-0.4, -0.2) is 43.9 Å². The molecule has 0 bridgehead atoms. The summed E-state index contributed by atoms with van der Waals surface area (Å²) in [6.45, 7) is 10.0. The Bertz CT molecular complexity index is 1140. The summed E-state index contributed by atoms with van der Waals surface area (Å²) in [6.07, 6.45) is 0. The Morgan fingerprint density at radius 3 is 2.07 bits per heavy atom. The molecule has 30 heavy (non-hydrogen) atoms. The van der Waals surface area contributed by atoms with E-state index in [2.05, 4.69) is 41.5 Å². The summed E-state index contributed by atoms with van der Waals surface area (Å²) in [5, 5.41) is 3.02. The van der Waals surface area contributed by atoms with Crippen molar-refractivity contribution in [2.45, 2.75) is 32.6 Å². The van der Waals surface area contributed by atoms with Gasteiger partial charge in [-0.3, -0.25) is 0 Å². The zero-order chi connectivity index (χ0) is 21.5. The molecule has 5 nitrogen and oxygen atoms in total. The van der Waals surface area contributed by atoms with E-state index in [1.807, 2.05) is 32.9 Å². The van der Waals surface area contributed by atoms with Crippen molar-refractivity contribution >= 4 is 26.5 Å². The molecular weight excluding hydrogens is 414 g/mol. The zero-order valence-electron chi connectivity index (χ0n) is 17.8. The molecule has 2 aromatic carbocycles. The third-order valence-electron chi connectivity index (χ3n) is 5.55. The lowest BCUT2D eigenvalue weighted by Crippen LogP contribution is -2.48. The SMILES string of the molecule is Cc1ccc(-c2csc(N3CCN(S(=O)(=O)c4c(C)cc(C)cc4C)CC3)n2)cc1. The summed E-state index contributed by atoms with van der Waals surface area (Å²) in [5.74, 6) is 0. The van der Waals surface area contributed by atoms with Crippen LogP contribution in [0.3, 0.4) is 0 Å². The first-order chi connectivity index (χ1) is 14.3. The van der Waals surface area contributed by atoms with E-state index in [0.29, 0.717) is 31.1 Å². The van der Waals surface area contributed by atoms with Crippen molar-refractivity contribution < 1.29 is 8.42 Å². The summed E-state index contributed by atoms with van der Waals surface area (Å²) in [7, 11) is -3.50. The van der Waals surface area contributed by atoms with Gasteiger partial charge >= 0.3 is 0 Å². The van der Waals surface area contributed by atoms with E-state index in [-0.39, 0.29) is 0 Å². The molecule has 0 N–H and O–H groups in total. The molecule has 0 saturated carbocycles. The van der Waals surface area contributed by atoms with Crippen molar-refractivity contribution in [2.24, 2.45) is 0 Å². The van der Waals surface area contributed by atoms with Crippen LogP contribution in [0.4, 0.5) is 5.13 Å². The van der Waals surface area contributed by atoms with Crippen LogP contribution in [0.25, 0.3) is 11.3 Å². The van der Waals surface area contributed by atoms with Crippen LogP contribution in [0.5, 0.6) is 0 Å². The minimum absolute atomic E-state index is 0.456. The minimum atomic E-state index is -3.50. The first kappa shape index (κ1) is 21.0. The first-order valence-electron chi connectivity index (χ1n) is 10.1. The van der Waals surface area contributed by atoms with Gasteiger partial charge in [-0.2, -0.15) is 4.31 Å². The second kappa shape index (κ2) is 8.13. The molecule has 0 amide bonds. The van der Waals surface area contributed by atoms with E-state index in [0.717, 1.165) is 33.1 Å². The highest BCUT2D eigenvalue weighted by Crippen LogP contribution is 2.30. The van der Waals surface area contributed by atoms with Crippen molar-refractivity contribution in [2.75, 3.05) is 31.1 Å². The maximum Gasteiger partial charge on any atom is 0.243 e. The summed E-state index contributed by atoms with van der Waals surface area (Å²) in [6, 6.07) is 12.2. The fourth-order valence-corrected chi connectivity index (χ4v) is 6.81. The van der Waals surface area contributed by atoms with Gasteiger partial charge in [0, 0.05) is 37.1 Å². The average molecular weight is 442 g/mol. The molecule has 1 aliphatic heterocycles.